The predicted molar refractivity (Wildman–Crippen MR) is 93.0 cm³/mol. The average Bonchev–Trinajstić information content (AvgIpc) is 2.55. The molecule has 1 heterocycles. The van der Waals surface area contributed by atoms with Crippen molar-refractivity contribution in [2.45, 2.75) is 0 Å². The Morgan fingerprint density at radius 1 is 1.21 bits per heavy atom. The fourth-order valence-electron chi connectivity index (χ4n) is 2.08. The maximum absolute atomic E-state index is 12.0. The van der Waals surface area contributed by atoms with Crippen molar-refractivity contribution in [3.05, 3.63) is 63.1 Å². The van der Waals surface area contributed by atoms with Crippen LogP contribution in [0.15, 0.2) is 47.5 Å². The van der Waals surface area contributed by atoms with E-state index in [1.807, 2.05) is 0 Å². The van der Waals surface area contributed by atoms with Crippen molar-refractivity contribution >= 4 is 45.7 Å². The Balaban J connectivity index is 1.68. The molecule has 0 unspecified atom stereocenters. The van der Waals surface area contributed by atoms with Crippen LogP contribution in [-0.4, -0.2) is 22.5 Å². The molecule has 2 N–H and O–H groups in total. The number of hydrogen-bond donors (Lipinski definition) is 2. The van der Waals surface area contributed by atoms with Gasteiger partial charge in [-0.2, -0.15) is 0 Å². The predicted octanol–water partition coefficient (Wildman–Crippen LogP) is 3.25. The number of ether oxygens (including phenoxy) is 1. The van der Waals surface area contributed by atoms with E-state index in [0.717, 1.165) is 0 Å². The summed E-state index contributed by atoms with van der Waals surface area (Å²) in [6.45, 7) is -0.233. The van der Waals surface area contributed by atoms with Gasteiger partial charge in [0.2, 0.25) is 0 Å². The maximum atomic E-state index is 12.0. The molecule has 0 aliphatic rings. The molecule has 8 heteroatoms. The van der Waals surface area contributed by atoms with E-state index in [-0.39, 0.29) is 18.1 Å². The first-order valence-corrected chi connectivity index (χ1v) is 7.64. The first kappa shape index (κ1) is 16.3. The standard InChI is InChI=1S/C16H11Cl2N3O3/c17-9-1-4-14(12(18)5-9)24-7-15(22)21-10-2-3-13-11(6-10)16(23)20-8-19-13/h1-6,8H,7H2,(H,21,22)(H,19,20,23). The molecular weight excluding hydrogens is 353 g/mol. The molecule has 1 amide bonds. The third kappa shape index (κ3) is 3.67. The molecule has 6 nitrogen and oxygen atoms in total. The van der Waals surface area contributed by atoms with Crippen LogP contribution in [-0.2, 0) is 4.79 Å². The van der Waals surface area contributed by atoms with Crippen molar-refractivity contribution in [3.8, 4) is 5.75 Å². The Labute approximate surface area is 146 Å². The first-order valence-electron chi connectivity index (χ1n) is 6.88. The minimum absolute atomic E-state index is 0.233. The zero-order valence-electron chi connectivity index (χ0n) is 12.2. The molecule has 1 aromatic heterocycles. The van der Waals surface area contributed by atoms with Crippen molar-refractivity contribution < 1.29 is 9.53 Å². The molecule has 24 heavy (non-hydrogen) atoms. The van der Waals surface area contributed by atoms with Crippen LogP contribution in [0, 0.1) is 0 Å². The summed E-state index contributed by atoms with van der Waals surface area (Å²) in [5, 5.41) is 3.83. The van der Waals surface area contributed by atoms with Crippen molar-refractivity contribution in [2.75, 3.05) is 11.9 Å². The SMILES string of the molecule is O=C(COc1ccc(Cl)cc1Cl)Nc1ccc2nc[nH]c(=O)c2c1. The van der Waals surface area contributed by atoms with Gasteiger partial charge in [-0.3, -0.25) is 9.59 Å². The molecule has 0 saturated heterocycles. The fourth-order valence-corrected chi connectivity index (χ4v) is 2.54. The van der Waals surface area contributed by atoms with Crippen LogP contribution in [0.1, 0.15) is 0 Å². The van der Waals surface area contributed by atoms with Gasteiger partial charge in [0.1, 0.15) is 5.75 Å². The van der Waals surface area contributed by atoms with Crippen LogP contribution in [0.25, 0.3) is 10.9 Å². The van der Waals surface area contributed by atoms with Crippen LogP contribution in [0.3, 0.4) is 0 Å². The summed E-state index contributed by atoms with van der Waals surface area (Å²) in [4.78, 5) is 30.2. The van der Waals surface area contributed by atoms with Crippen LogP contribution in [0.4, 0.5) is 5.69 Å². The number of H-pyrrole nitrogens is 1. The minimum Gasteiger partial charge on any atom is -0.482 e. The van der Waals surface area contributed by atoms with Crippen LogP contribution >= 0.6 is 23.2 Å². The van der Waals surface area contributed by atoms with Gasteiger partial charge in [0, 0.05) is 10.7 Å². The van der Waals surface area contributed by atoms with Crippen LogP contribution < -0.4 is 15.6 Å². The lowest BCUT2D eigenvalue weighted by Gasteiger charge is -2.09. The lowest BCUT2D eigenvalue weighted by Crippen LogP contribution is -2.20. The molecular formula is C16H11Cl2N3O3. The second kappa shape index (κ2) is 6.90. The molecule has 3 aromatic rings. The number of carbonyl (C=O) groups is 1. The van der Waals surface area contributed by atoms with E-state index in [2.05, 4.69) is 15.3 Å². The monoisotopic (exact) mass is 363 g/mol. The summed E-state index contributed by atoms with van der Waals surface area (Å²) in [5.74, 6) is -0.0314. The highest BCUT2D eigenvalue weighted by atomic mass is 35.5. The van der Waals surface area contributed by atoms with Crippen molar-refractivity contribution in [1.82, 2.24) is 9.97 Å². The average molecular weight is 364 g/mol. The third-order valence-electron chi connectivity index (χ3n) is 3.18. The lowest BCUT2D eigenvalue weighted by molar-refractivity contribution is -0.118. The number of fused-ring (bicyclic) bond motifs is 1. The molecule has 122 valence electrons. The smallest absolute Gasteiger partial charge is 0.262 e. The molecule has 3 rings (SSSR count). The summed E-state index contributed by atoms with van der Waals surface area (Å²) >= 11 is 11.8. The number of carbonyl (C=O) groups excluding carboxylic acids is 1. The number of amides is 1. The number of rotatable bonds is 4. The summed E-state index contributed by atoms with van der Waals surface area (Å²) < 4.78 is 5.35. The zero-order valence-corrected chi connectivity index (χ0v) is 13.7. The van der Waals surface area contributed by atoms with Crippen molar-refractivity contribution in [1.29, 1.82) is 0 Å². The fraction of sp³-hybridized carbons (Fsp3) is 0.0625. The number of aromatic amines is 1. The highest BCUT2D eigenvalue weighted by molar-refractivity contribution is 6.35. The maximum Gasteiger partial charge on any atom is 0.262 e. The van der Waals surface area contributed by atoms with Gasteiger partial charge in [-0.1, -0.05) is 23.2 Å². The molecule has 0 aliphatic carbocycles. The van der Waals surface area contributed by atoms with Gasteiger partial charge >= 0.3 is 0 Å². The highest BCUT2D eigenvalue weighted by Gasteiger charge is 2.08. The van der Waals surface area contributed by atoms with Crippen molar-refractivity contribution in [2.24, 2.45) is 0 Å². The Bertz CT molecular complexity index is 972. The number of benzene rings is 2. The zero-order chi connectivity index (χ0) is 17.1. The third-order valence-corrected chi connectivity index (χ3v) is 3.71. The molecule has 0 radical (unpaired) electrons. The number of halogens is 2. The van der Waals surface area contributed by atoms with Gasteiger partial charge in [-0.05, 0) is 36.4 Å². The highest BCUT2D eigenvalue weighted by Crippen LogP contribution is 2.27. The Hall–Kier alpha value is -2.57. The van der Waals surface area contributed by atoms with Crippen molar-refractivity contribution in [3.63, 3.8) is 0 Å². The largest absolute Gasteiger partial charge is 0.482 e. The van der Waals surface area contributed by atoms with E-state index in [9.17, 15) is 9.59 Å². The quantitative estimate of drug-likeness (QED) is 0.744. The molecule has 0 bridgehead atoms. The molecule has 0 saturated carbocycles. The second-order valence-corrected chi connectivity index (χ2v) is 5.72. The van der Waals surface area contributed by atoms with Gasteiger partial charge in [-0.25, -0.2) is 4.98 Å². The second-order valence-electron chi connectivity index (χ2n) is 4.88. The molecule has 0 spiro atoms. The molecule has 0 fully saturated rings. The first-order chi connectivity index (χ1) is 11.5. The van der Waals surface area contributed by atoms with Gasteiger partial charge in [0.05, 0.1) is 22.3 Å². The van der Waals surface area contributed by atoms with E-state index in [0.29, 0.717) is 32.4 Å². The number of anilines is 1. The number of nitrogens with one attached hydrogen (secondary N) is 2. The van der Waals surface area contributed by atoms with E-state index in [4.69, 9.17) is 27.9 Å². The summed E-state index contributed by atoms with van der Waals surface area (Å²) in [6.07, 6.45) is 1.33. The number of nitrogens with zero attached hydrogens (tertiary/aromatic N) is 1. The molecule has 0 aliphatic heterocycles. The molecule has 0 atom stereocenters. The van der Waals surface area contributed by atoms with Gasteiger partial charge < -0.3 is 15.0 Å². The summed E-state index contributed by atoms with van der Waals surface area (Å²) in [5.41, 5.74) is 0.734. The van der Waals surface area contributed by atoms with Gasteiger partial charge in [-0.15, -0.1) is 0 Å². The topological polar surface area (TPSA) is 84.1 Å². The van der Waals surface area contributed by atoms with Crippen LogP contribution in [0.2, 0.25) is 10.0 Å². The number of aromatic nitrogens is 2. The lowest BCUT2D eigenvalue weighted by atomic mass is 10.2. The minimum atomic E-state index is -0.388. The van der Waals surface area contributed by atoms with E-state index >= 15 is 0 Å². The molecule has 2 aromatic carbocycles. The van der Waals surface area contributed by atoms with Crippen LogP contribution in [0.5, 0.6) is 5.75 Å². The number of hydrogen-bond acceptors (Lipinski definition) is 4. The Kier molecular flexibility index (Phi) is 4.69. The van der Waals surface area contributed by atoms with E-state index in [1.165, 1.54) is 12.4 Å². The van der Waals surface area contributed by atoms with Gasteiger partial charge in [0.25, 0.3) is 11.5 Å². The Morgan fingerprint density at radius 3 is 2.83 bits per heavy atom. The summed E-state index contributed by atoms with van der Waals surface area (Å²) in [6, 6.07) is 9.58. The van der Waals surface area contributed by atoms with Gasteiger partial charge in [0.15, 0.2) is 6.61 Å². The summed E-state index contributed by atoms with van der Waals surface area (Å²) in [7, 11) is 0. The Morgan fingerprint density at radius 2 is 2.04 bits per heavy atom. The van der Waals surface area contributed by atoms with E-state index < -0.39 is 0 Å². The normalized spacial score (nSPS) is 10.6. The van der Waals surface area contributed by atoms with E-state index in [1.54, 1.807) is 30.3 Å².